The summed E-state index contributed by atoms with van der Waals surface area (Å²) in [7, 11) is 0. The normalized spacial score (nSPS) is 14.0. The van der Waals surface area contributed by atoms with E-state index in [0.29, 0.717) is 43.2 Å². The SMILES string of the molecule is O=C(c1cc(Nc2ccccc2F)ccn1)N1CCN(c2ccccc2F)CC1. The van der Waals surface area contributed by atoms with Gasteiger partial charge in [-0.1, -0.05) is 24.3 Å². The maximum Gasteiger partial charge on any atom is 0.272 e. The van der Waals surface area contributed by atoms with Crippen molar-refractivity contribution in [3.63, 3.8) is 0 Å². The van der Waals surface area contributed by atoms with Crippen LogP contribution in [0.3, 0.4) is 0 Å². The van der Waals surface area contributed by atoms with Gasteiger partial charge in [0, 0.05) is 38.1 Å². The van der Waals surface area contributed by atoms with E-state index in [1.165, 1.54) is 18.3 Å². The number of benzene rings is 2. The van der Waals surface area contributed by atoms with Gasteiger partial charge in [-0.2, -0.15) is 0 Å². The summed E-state index contributed by atoms with van der Waals surface area (Å²) < 4.78 is 27.8. The molecule has 1 aliphatic heterocycles. The Morgan fingerprint density at radius 2 is 1.59 bits per heavy atom. The summed E-state index contributed by atoms with van der Waals surface area (Å²) in [6.45, 7) is 2.03. The van der Waals surface area contributed by atoms with Crippen molar-refractivity contribution in [2.24, 2.45) is 0 Å². The summed E-state index contributed by atoms with van der Waals surface area (Å²) in [6, 6.07) is 16.3. The number of amides is 1. The number of carbonyl (C=O) groups is 1. The smallest absolute Gasteiger partial charge is 0.272 e. The Balaban J connectivity index is 1.43. The van der Waals surface area contributed by atoms with Gasteiger partial charge >= 0.3 is 0 Å². The fourth-order valence-corrected chi connectivity index (χ4v) is 3.36. The monoisotopic (exact) mass is 394 g/mol. The van der Waals surface area contributed by atoms with Crippen LogP contribution in [0.1, 0.15) is 10.5 Å². The van der Waals surface area contributed by atoms with E-state index in [0.717, 1.165) is 0 Å². The minimum atomic E-state index is -0.374. The molecule has 1 amide bonds. The van der Waals surface area contributed by atoms with Crippen LogP contribution in [-0.4, -0.2) is 42.0 Å². The lowest BCUT2D eigenvalue weighted by Gasteiger charge is -2.36. The van der Waals surface area contributed by atoms with Gasteiger partial charge in [0.25, 0.3) is 5.91 Å². The first kappa shape index (κ1) is 18.9. The van der Waals surface area contributed by atoms with Crippen LogP contribution in [0.5, 0.6) is 0 Å². The summed E-state index contributed by atoms with van der Waals surface area (Å²) in [5, 5.41) is 2.97. The molecule has 0 aliphatic carbocycles. The third-order valence-electron chi connectivity index (χ3n) is 4.89. The van der Waals surface area contributed by atoms with Crippen molar-refractivity contribution < 1.29 is 13.6 Å². The Hall–Kier alpha value is -3.48. The average Bonchev–Trinajstić information content (AvgIpc) is 2.76. The summed E-state index contributed by atoms with van der Waals surface area (Å²) >= 11 is 0. The molecule has 7 heteroatoms. The predicted molar refractivity (Wildman–Crippen MR) is 108 cm³/mol. The first-order valence-electron chi connectivity index (χ1n) is 9.38. The highest BCUT2D eigenvalue weighted by molar-refractivity contribution is 5.93. The van der Waals surface area contributed by atoms with Crippen molar-refractivity contribution in [2.75, 3.05) is 36.4 Å². The molecule has 1 aromatic heterocycles. The first-order chi connectivity index (χ1) is 14.1. The molecule has 148 valence electrons. The molecule has 1 saturated heterocycles. The van der Waals surface area contributed by atoms with Crippen molar-refractivity contribution in [3.8, 4) is 0 Å². The highest BCUT2D eigenvalue weighted by Gasteiger charge is 2.24. The van der Waals surface area contributed by atoms with Gasteiger partial charge in [0.05, 0.1) is 11.4 Å². The van der Waals surface area contributed by atoms with E-state index in [4.69, 9.17) is 0 Å². The van der Waals surface area contributed by atoms with Crippen LogP contribution in [0.4, 0.5) is 25.8 Å². The number of pyridine rings is 1. The van der Waals surface area contributed by atoms with Crippen LogP contribution in [0.25, 0.3) is 0 Å². The number of para-hydroxylation sites is 2. The number of carbonyl (C=O) groups excluding carboxylic acids is 1. The molecule has 0 saturated carbocycles. The summed E-state index contributed by atoms with van der Waals surface area (Å²) in [4.78, 5) is 20.7. The van der Waals surface area contributed by atoms with Crippen LogP contribution in [0.2, 0.25) is 0 Å². The molecule has 5 nitrogen and oxygen atoms in total. The minimum Gasteiger partial charge on any atom is -0.366 e. The number of piperazine rings is 1. The quantitative estimate of drug-likeness (QED) is 0.725. The van der Waals surface area contributed by atoms with Gasteiger partial charge in [0.15, 0.2) is 0 Å². The molecule has 29 heavy (non-hydrogen) atoms. The molecule has 0 radical (unpaired) electrons. The average molecular weight is 394 g/mol. The largest absolute Gasteiger partial charge is 0.366 e. The van der Waals surface area contributed by atoms with Crippen molar-refractivity contribution >= 4 is 23.0 Å². The van der Waals surface area contributed by atoms with Gasteiger partial charge in [-0.05, 0) is 36.4 Å². The van der Waals surface area contributed by atoms with E-state index >= 15 is 0 Å². The number of aromatic nitrogens is 1. The molecule has 4 rings (SSSR count). The number of rotatable bonds is 4. The molecule has 1 aliphatic rings. The predicted octanol–water partition coefficient (Wildman–Crippen LogP) is 4.07. The Bertz CT molecular complexity index is 1020. The van der Waals surface area contributed by atoms with Gasteiger partial charge in [-0.3, -0.25) is 9.78 Å². The minimum absolute atomic E-state index is 0.199. The molecule has 2 aromatic carbocycles. The van der Waals surface area contributed by atoms with Gasteiger partial charge in [-0.15, -0.1) is 0 Å². The Morgan fingerprint density at radius 1 is 0.897 bits per heavy atom. The van der Waals surface area contributed by atoms with Crippen LogP contribution < -0.4 is 10.2 Å². The number of nitrogens with one attached hydrogen (secondary N) is 1. The molecule has 0 atom stereocenters. The van der Waals surface area contributed by atoms with Crippen LogP contribution in [0.15, 0.2) is 66.9 Å². The van der Waals surface area contributed by atoms with Gasteiger partial charge in [0.1, 0.15) is 17.3 Å². The lowest BCUT2D eigenvalue weighted by molar-refractivity contribution is 0.0741. The van der Waals surface area contributed by atoms with Gasteiger partial charge < -0.3 is 15.1 Å². The van der Waals surface area contributed by atoms with Crippen molar-refractivity contribution in [2.45, 2.75) is 0 Å². The second kappa shape index (κ2) is 8.26. The van der Waals surface area contributed by atoms with E-state index in [1.54, 1.807) is 53.4 Å². The van der Waals surface area contributed by atoms with E-state index in [-0.39, 0.29) is 23.2 Å². The number of nitrogens with zero attached hydrogens (tertiary/aromatic N) is 3. The molecule has 0 unspecified atom stereocenters. The fraction of sp³-hybridized carbons (Fsp3) is 0.182. The molecule has 0 spiro atoms. The van der Waals surface area contributed by atoms with Crippen molar-refractivity contribution in [1.82, 2.24) is 9.88 Å². The zero-order chi connectivity index (χ0) is 20.2. The third kappa shape index (κ3) is 4.18. The van der Waals surface area contributed by atoms with E-state index < -0.39 is 0 Å². The molecular weight excluding hydrogens is 374 g/mol. The van der Waals surface area contributed by atoms with Crippen molar-refractivity contribution in [1.29, 1.82) is 0 Å². The Labute approximate surface area is 167 Å². The standard InChI is InChI=1S/C22H20F2N4O/c23-17-5-1-3-7-19(17)26-16-9-10-25-20(15-16)22(29)28-13-11-27(12-14-28)21-8-4-2-6-18(21)24/h1-10,15H,11-14H2,(H,25,26). The maximum absolute atomic E-state index is 14.0. The summed E-state index contributed by atoms with van der Waals surface area (Å²) in [5.74, 6) is -0.835. The number of anilines is 3. The highest BCUT2D eigenvalue weighted by atomic mass is 19.1. The molecule has 2 heterocycles. The molecule has 1 fully saturated rings. The zero-order valence-electron chi connectivity index (χ0n) is 15.7. The highest BCUT2D eigenvalue weighted by Crippen LogP contribution is 2.22. The van der Waals surface area contributed by atoms with E-state index in [1.807, 2.05) is 4.90 Å². The van der Waals surface area contributed by atoms with E-state index in [2.05, 4.69) is 10.3 Å². The number of hydrogen-bond acceptors (Lipinski definition) is 4. The maximum atomic E-state index is 14.0. The summed E-state index contributed by atoms with van der Waals surface area (Å²) in [6.07, 6.45) is 1.52. The first-order valence-corrected chi connectivity index (χ1v) is 9.38. The van der Waals surface area contributed by atoms with Crippen LogP contribution >= 0.6 is 0 Å². The molecule has 1 N–H and O–H groups in total. The molecule has 0 bridgehead atoms. The van der Waals surface area contributed by atoms with E-state index in [9.17, 15) is 13.6 Å². The number of halogens is 2. The van der Waals surface area contributed by atoms with Crippen LogP contribution in [0, 0.1) is 11.6 Å². The lowest BCUT2D eigenvalue weighted by atomic mass is 10.2. The second-order valence-electron chi connectivity index (χ2n) is 6.77. The fourth-order valence-electron chi connectivity index (χ4n) is 3.36. The van der Waals surface area contributed by atoms with Gasteiger partial charge in [0.2, 0.25) is 0 Å². The summed E-state index contributed by atoms with van der Waals surface area (Å²) in [5.41, 5.74) is 1.74. The van der Waals surface area contributed by atoms with Gasteiger partial charge in [-0.25, -0.2) is 8.78 Å². The third-order valence-corrected chi connectivity index (χ3v) is 4.89. The second-order valence-corrected chi connectivity index (χ2v) is 6.77. The Kier molecular flexibility index (Phi) is 5.37. The molecule has 3 aromatic rings. The topological polar surface area (TPSA) is 48.5 Å². The molecular formula is C22H20F2N4O. The number of hydrogen-bond donors (Lipinski definition) is 1. The zero-order valence-corrected chi connectivity index (χ0v) is 15.7. The van der Waals surface area contributed by atoms with Crippen LogP contribution in [-0.2, 0) is 0 Å². The lowest BCUT2D eigenvalue weighted by Crippen LogP contribution is -2.49. The van der Waals surface area contributed by atoms with Crippen molar-refractivity contribution in [3.05, 3.63) is 84.2 Å². The Morgan fingerprint density at radius 3 is 2.31 bits per heavy atom.